The number of unbranched alkanes of at least 4 members (excludes halogenated alkanes) is 1. The predicted octanol–water partition coefficient (Wildman–Crippen LogP) is 3.16. The van der Waals surface area contributed by atoms with Gasteiger partial charge in [-0.3, -0.25) is 4.90 Å². The molecule has 3 aromatic heterocycles. The van der Waals surface area contributed by atoms with Crippen molar-refractivity contribution in [1.29, 1.82) is 5.26 Å². The smallest absolute Gasteiger partial charge is 0.326 e. The number of nitrogens with zero attached hydrogens (tertiary/aromatic N) is 6. The first kappa shape index (κ1) is 27.7. The van der Waals surface area contributed by atoms with Gasteiger partial charge in [0.25, 0.3) is 0 Å². The summed E-state index contributed by atoms with van der Waals surface area (Å²) in [7, 11) is 0. The molecule has 1 aliphatic heterocycles. The number of aliphatic carboxylic acids is 1. The standard InChI is InChI=1S/C28H34N8O3/c29-20-24-27(33-15-14-30-24)35-23(28(37)38)11-17-36(18-19-39-25-8-1-3-12-31-25)16-4-2-7-22-10-9-21-6-5-13-32-26(21)34-22/h1,3,8-10,12,14-15,23H,2,4-7,11,13,16-19H2,(H,32,34)(H,33,35)(H,37,38)/t23-/m0/s1. The first-order chi connectivity index (χ1) is 19.1. The lowest BCUT2D eigenvalue weighted by Gasteiger charge is -2.24. The van der Waals surface area contributed by atoms with Crippen molar-refractivity contribution in [1.82, 2.24) is 24.8 Å². The molecular weight excluding hydrogens is 496 g/mol. The molecule has 39 heavy (non-hydrogen) atoms. The van der Waals surface area contributed by atoms with Crippen molar-refractivity contribution in [2.24, 2.45) is 0 Å². The van der Waals surface area contributed by atoms with Crippen LogP contribution >= 0.6 is 0 Å². The highest BCUT2D eigenvalue weighted by Crippen LogP contribution is 2.20. The van der Waals surface area contributed by atoms with Crippen LogP contribution in [0.1, 0.15) is 42.6 Å². The van der Waals surface area contributed by atoms with Crippen molar-refractivity contribution in [2.75, 3.05) is 43.4 Å². The fourth-order valence-electron chi connectivity index (χ4n) is 4.46. The molecule has 0 spiro atoms. The molecule has 0 fully saturated rings. The van der Waals surface area contributed by atoms with Crippen LogP contribution in [0.25, 0.3) is 0 Å². The lowest BCUT2D eigenvalue weighted by atomic mass is 10.1. The van der Waals surface area contributed by atoms with E-state index in [9.17, 15) is 15.2 Å². The number of rotatable bonds is 15. The molecule has 4 rings (SSSR count). The highest BCUT2D eigenvalue weighted by molar-refractivity contribution is 5.77. The molecule has 3 N–H and O–H groups in total. The second-order valence-corrected chi connectivity index (χ2v) is 9.35. The number of carbonyl (C=O) groups is 1. The van der Waals surface area contributed by atoms with E-state index < -0.39 is 12.0 Å². The Hall–Kier alpha value is -4.30. The van der Waals surface area contributed by atoms with Gasteiger partial charge < -0.3 is 20.5 Å². The molecule has 0 unspecified atom stereocenters. The zero-order valence-corrected chi connectivity index (χ0v) is 21.9. The van der Waals surface area contributed by atoms with E-state index in [1.807, 2.05) is 24.3 Å². The van der Waals surface area contributed by atoms with Gasteiger partial charge in [0.2, 0.25) is 5.88 Å². The molecule has 0 aromatic carbocycles. The Kier molecular flexibility index (Phi) is 10.4. The first-order valence-electron chi connectivity index (χ1n) is 13.3. The van der Waals surface area contributed by atoms with Gasteiger partial charge in [0.15, 0.2) is 11.5 Å². The lowest BCUT2D eigenvalue weighted by Crippen LogP contribution is -2.37. The number of anilines is 2. The number of nitriles is 1. The minimum Gasteiger partial charge on any atom is -0.480 e. The van der Waals surface area contributed by atoms with Crippen molar-refractivity contribution >= 4 is 17.6 Å². The number of nitrogens with one attached hydrogen (secondary N) is 2. The van der Waals surface area contributed by atoms with Crippen LogP contribution in [0.15, 0.2) is 48.9 Å². The van der Waals surface area contributed by atoms with Gasteiger partial charge in [-0.05, 0) is 62.8 Å². The average molecular weight is 531 g/mol. The monoisotopic (exact) mass is 530 g/mol. The number of aryl methyl sites for hydroxylation is 2. The molecule has 11 nitrogen and oxygen atoms in total. The zero-order chi connectivity index (χ0) is 27.3. The fourth-order valence-corrected chi connectivity index (χ4v) is 4.46. The largest absolute Gasteiger partial charge is 0.480 e. The molecule has 0 amide bonds. The van der Waals surface area contributed by atoms with Crippen LogP contribution in [0.2, 0.25) is 0 Å². The molecule has 0 bridgehead atoms. The maximum absolute atomic E-state index is 12.0. The number of hydrogen-bond donors (Lipinski definition) is 3. The van der Waals surface area contributed by atoms with Gasteiger partial charge in [-0.1, -0.05) is 12.1 Å². The summed E-state index contributed by atoms with van der Waals surface area (Å²) in [6, 6.07) is 10.8. The summed E-state index contributed by atoms with van der Waals surface area (Å²) in [6.45, 7) is 3.34. The third-order valence-electron chi connectivity index (χ3n) is 6.55. The Morgan fingerprint density at radius 3 is 2.85 bits per heavy atom. The zero-order valence-electron chi connectivity index (χ0n) is 21.9. The van der Waals surface area contributed by atoms with E-state index in [0.717, 1.165) is 56.7 Å². The Morgan fingerprint density at radius 2 is 2.03 bits per heavy atom. The van der Waals surface area contributed by atoms with E-state index in [1.54, 1.807) is 6.20 Å². The van der Waals surface area contributed by atoms with E-state index in [2.05, 4.69) is 42.6 Å². The summed E-state index contributed by atoms with van der Waals surface area (Å²) in [4.78, 5) is 31.2. The van der Waals surface area contributed by atoms with E-state index in [1.165, 1.54) is 18.0 Å². The highest BCUT2D eigenvalue weighted by atomic mass is 16.5. The molecule has 4 heterocycles. The summed E-state index contributed by atoms with van der Waals surface area (Å²) >= 11 is 0. The van der Waals surface area contributed by atoms with Gasteiger partial charge in [0, 0.05) is 50.0 Å². The van der Waals surface area contributed by atoms with Gasteiger partial charge in [-0.25, -0.2) is 24.7 Å². The second-order valence-electron chi connectivity index (χ2n) is 9.35. The maximum Gasteiger partial charge on any atom is 0.326 e. The predicted molar refractivity (Wildman–Crippen MR) is 147 cm³/mol. The number of aromatic nitrogens is 4. The van der Waals surface area contributed by atoms with Crippen LogP contribution in [0.5, 0.6) is 5.88 Å². The lowest BCUT2D eigenvalue weighted by molar-refractivity contribution is -0.138. The summed E-state index contributed by atoms with van der Waals surface area (Å²) < 4.78 is 5.79. The van der Waals surface area contributed by atoms with Gasteiger partial charge in [-0.2, -0.15) is 5.26 Å². The molecule has 0 saturated heterocycles. The Bertz CT molecular complexity index is 1250. The van der Waals surface area contributed by atoms with Gasteiger partial charge in [0.05, 0.1) is 0 Å². The van der Waals surface area contributed by atoms with E-state index >= 15 is 0 Å². The van der Waals surface area contributed by atoms with Crippen LogP contribution in [-0.4, -0.2) is 74.7 Å². The molecular formula is C28H34N8O3. The van der Waals surface area contributed by atoms with Gasteiger partial charge >= 0.3 is 5.97 Å². The van der Waals surface area contributed by atoms with Crippen LogP contribution in [0, 0.1) is 11.3 Å². The van der Waals surface area contributed by atoms with E-state index in [-0.39, 0.29) is 11.5 Å². The Morgan fingerprint density at radius 1 is 1.13 bits per heavy atom. The number of ether oxygens (including phenoxy) is 1. The minimum absolute atomic E-state index is 0.0651. The van der Waals surface area contributed by atoms with Crippen molar-refractivity contribution in [3.63, 3.8) is 0 Å². The molecule has 0 aliphatic carbocycles. The average Bonchev–Trinajstić information content (AvgIpc) is 2.97. The van der Waals surface area contributed by atoms with E-state index in [0.29, 0.717) is 32.0 Å². The molecule has 3 aromatic rings. The first-order valence-corrected chi connectivity index (χ1v) is 13.3. The van der Waals surface area contributed by atoms with Gasteiger partial charge in [-0.15, -0.1) is 0 Å². The van der Waals surface area contributed by atoms with Crippen molar-refractivity contribution < 1.29 is 14.6 Å². The quantitative estimate of drug-likeness (QED) is 0.249. The number of hydrogen-bond acceptors (Lipinski definition) is 10. The summed E-state index contributed by atoms with van der Waals surface area (Å²) in [5.74, 6) is 0.731. The maximum atomic E-state index is 12.0. The fraction of sp³-hybridized carbons (Fsp3) is 0.429. The SMILES string of the molecule is N#Cc1nccnc1N[C@@H](CCN(CCCCc1ccc2c(n1)NCCC2)CCOc1ccccn1)C(=O)O. The topological polar surface area (TPSA) is 149 Å². The number of pyridine rings is 2. The van der Waals surface area contributed by atoms with Crippen LogP contribution in [-0.2, 0) is 17.6 Å². The molecule has 1 atom stereocenters. The number of carboxylic acid groups (broad SMARTS) is 1. The van der Waals surface area contributed by atoms with Crippen LogP contribution < -0.4 is 15.4 Å². The highest BCUT2D eigenvalue weighted by Gasteiger charge is 2.21. The molecule has 1 aliphatic rings. The third kappa shape index (κ3) is 8.61. The number of carboxylic acids is 1. The summed E-state index contributed by atoms with van der Waals surface area (Å²) in [5.41, 5.74) is 2.44. The number of fused-ring (bicyclic) bond motifs is 1. The van der Waals surface area contributed by atoms with Gasteiger partial charge in [0.1, 0.15) is 24.5 Å². The Balaban J connectivity index is 1.31. The molecule has 11 heteroatoms. The van der Waals surface area contributed by atoms with E-state index in [4.69, 9.17) is 9.72 Å². The summed E-state index contributed by atoms with van der Waals surface area (Å²) in [6.07, 6.45) is 9.84. The summed E-state index contributed by atoms with van der Waals surface area (Å²) in [5, 5.41) is 25.3. The van der Waals surface area contributed by atoms with Crippen molar-refractivity contribution in [3.05, 3.63) is 65.9 Å². The molecule has 204 valence electrons. The minimum atomic E-state index is -1.01. The van der Waals surface area contributed by atoms with Crippen molar-refractivity contribution in [3.8, 4) is 11.9 Å². The normalized spacial score (nSPS) is 13.1. The molecule has 0 radical (unpaired) electrons. The Labute approximate surface area is 228 Å². The van der Waals surface area contributed by atoms with Crippen molar-refractivity contribution in [2.45, 2.75) is 44.6 Å². The second kappa shape index (κ2) is 14.6. The molecule has 0 saturated carbocycles. The van der Waals surface area contributed by atoms with Crippen LogP contribution in [0.3, 0.4) is 0 Å². The van der Waals surface area contributed by atoms with Crippen LogP contribution in [0.4, 0.5) is 11.6 Å². The third-order valence-corrected chi connectivity index (χ3v) is 6.55.